The average molecular weight is 483 g/mol. The third-order valence-corrected chi connectivity index (χ3v) is 4.32. The van der Waals surface area contributed by atoms with Crippen LogP contribution in [0.4, 0.5) is 0 Å². The van der Waals surface area contributed by atoms with Gasteiger partial charge in [-0.3, -0.25) is 19.2 Å². The Balaban J connectivity index is 3.17. The summed E-state index contributed by atoms with van der Waals surface area (Å²) < 4.78 is 32.4. The summed E-state index contributed by atoms with van der Waals surface area (Å²) in [6, 6.07) is 0. The molecule has 0 unspecified atom stereocenters. The molecule has 1 aliphatic heterocycles. The Hall–Kier alpha value is -1.72. The molecular weight excluding hydrogens is 456 g/mol. The standard InChI is InChI=1S/C18H27BrO10/c1-10(20)25-9-14-15(26-11(2)21)16(27-12(3)22)17(28-13(4)23)18(29-14)24-8-6-5-7-19/h14-18H,5-9H2,1-4H3/t14-,15-,16+,17-,18-/m1/s1. The molecule has 1 fully saturated rings. The fraction of sp³-hybridized carbons (Fsp3) is 0.778. The van der Waals surface area contributed by atoms with Crippen molar-refractivity contribution in [1.82, 2.24) is 0 Å². The van der Waals surface area contributed by atoms with E-state index in [4.69, 9.17) is 28.4 Å². The third-order valence-electron chi connectivity index (χ3n) is 3.76. The van der Waals surface area contributed by atoms with Crippen LogP contribution in [-0.2, 0) is 47.6 Å². The monoisotopic (exact) mass is 482 g/mol. The van der Waals surface area contributed by atoms with Gasteiger partial charge in [-0.15, -0.1) is 0 Å². The fourth-order valence-electron chi connectivity index (χ4n) is 2.72. The minimum Gasteiger partial charge on any atom is -0.463 e. The number of carbonyl (C=O) groups is 4. The molecule has 0 N–H and O–H groups in total. The van der Waals surface area contributed by atoms with Crippen LogP contribution in [0, 0.1) is 0 Å². The molecule has 11 heteroatoms. The Morgan fingerprint density at radius 2 is 1.34 bits per heavy atom. The molecule has 1 aliphatic rings. The van der Waals surface area contributed by atoms with Gasteiger partial charge in [-0.25, -0.2) is 0 Å². The molecular formula is C18H27BrO10. The quantitative estimate of drug-likeness (QED) is 0.194. The molecule has 1 saturated heterocycles. The average Bonchev–Trinajstić information content (AvgIpc) is 2.60. The highest BCUT2D eigenvalue weighted by atomic mass is 79.9. The van der Waals surface area contributed by atoms with E-state index in [9.17, 15) is 19.2 Å². The van der Waals surface area contributed by atoms with Crippen LogP contribution < -0.4 is 0 Å². The van der Waals surface area contributed by atoms with Gasteiger partial charge < -0.3 is 28.4 Å². The van der Waals surface area contributed by atoms with E-state index in [0.717, 1.165) is 25.6 Å². The summed E-state index contributed by atoms with van der Waals surface area (Å²) in [6.07, 6.45) is -4.16. The highest BCUT2D eigenvalue weighted by molar-refractivity contribution is 9.09. The molecule has 0 amide bonds. The van der Waals surface area contributed by atoms with E-state index in [2.05, 4.69) is 15.9 Å². The number of halogens is 1. The zero-order chi connectivity index (χ0) is 22.0. The number of ether oxygens (including phenoxy) is 6. The van der Waals surface area contributed by atoms with Gasteiger partial charge in [0.25, 0.3) is 0 Å². The first-order valence-electron chi connectivity index (χ1n) is 9.13. The van der Waals surface area contributed by atoms with Crippen molar-refractivity contribution in [3.8, 4) is 0 Å². The highest BCUT2D eigenvalue weighted by Gasteiger charge is 2.52. The van der Waals surface area contributed by atoms with Crippen molar-refractivity contribution in [2.75, 3.05) is 18.5 Å². The summed E-state index contributed by atoms with van der Waals surface area (Å²) in [7, 11) is 0. The summed E-state index contributed by atoms with van der Waals surface area (Å²) in [5, 5.41) is 0.787. The Kier molecular flexibility index (Phi) is 11.1. The third kappa shape index (κ3) is 9.09. The van der Waals surface area contributed by atoms with Gasteiger partial charge >= 0.3 is 23.9 Å². The minimum absolute atomic E-state index is 0.277. The van der Waals surface area contributed by atoms with Crippen molar-refractivity contribution in [2.45, 2.75) is 71.2 Å². The maximum Gasteiger partial charge on any atom is 0.303 e. The first kappa shape index (κ1) is 25.3. The van der Waals surface area contributed by atoms with Crippen molar-refractivity contribution in [3.63, 3.8) is 0 Å². The molecule has 0 aromatic carbocycles. The number of hydrogen-bond acceptors (Lipinski definition) is 10. The molecule has 0 spiro atoms. The number of hydrogen-bond donors (Lipinski definition) is 0. The first-order chi connectivity index (χ1) is 13.6. The SMILES string of the molecule is CC(=O)OC[C@H]1O[C@@H](OCCCCBr)[C@H](OC(C)=O)[C@@H](OC(C)=O)[C@@H]1OC(C)=O. The number of carbonyl (C=O) groups excluding carboxylic acids is 4. The van der Waals surface area contributed by atoms with Crippen LogP contribution in [0.15, 0.2) is 0 Å². The molecule has 10 nitrogen and oxygen atoms in total. The number of unbranched alkanes of at least 4 members (excludes halogenated alkanes) is 1. The molecule has 29 heavy (non-hydrogen) atoms. The van der Waals surface area contributed by atoms with Crippen LogP contribution in [0.5, 0.6) is 0 Å². The molecule has 0 bridgehead atoms. The van der Waals surface area contributed by atoms with Crippen LogP contribution in [0.2, 0.25) is 0 Å². The smallest absolute Gasteiger partial charge is 0.303 e. The summed E-state index contributed by atoms with van der Waals surface area (Å²) in [5.41, 5.74) is 0. The summed E-state index contributed by atoms with van der Waals surface area (Å²) >= 11 is 3.32. The number of rotatable bonds is 10. The van der Waals surface area contributed by atoms with E-state index in [1.54, 1.807) is 0 Å². The lowest BCUT2D eigenvalue weighted by Gasteiger charge is -2.44. The van der Waals surface area contributed by atoms with E-state index >= 15 is 0 Å². The lowest BCUT2D eigenvalue weighted by atomic mass is 9.98. The first-order valence-corrected chi connectivity index (χ1v) is 10.3. The van der Waals surface area contributed by atoms with Crippen molar-refractivity contribution in [1.29, 1.82) is 0 Å². The van der Waals surface area contributed by atoms with E-state index in [1.807, 2.05) is 0 Å². The van der Waals surface area contributed by atoms with E-state index in [1.165, 1.54) is 13.8 Å². The molecule has 0 aromatic heterocycles. The van der Waals surface area contributed by atoms with Gasteiger partial charge in [0.1, 0.15) is 12.7 Å². The molecule has 0 saturated carbocycles. The van der Waals surface area contributed by atoms with Crippen molar-refractivity contribution < 1.29 is 47.6 Å². The largest absolute Gasteiger partial charge is 0.463 e. The summed E-state index contributed by atoms with van der Waals surface area (Å²) in [5.74, 6) is -2.60. The van der Waals surface area contributed by atoms with Crippen LogP contribution >= 0.6 is 15.9 Å². The fourth-order valence-corrected chi connectivity index (χ4v) is 3.12. The Morgan fingerprint density at radius 3 is 1.86 bits per heavy atom. The summed E-state index contributed by atoms with van der Waals surface area (Å²) in [4.78, 5) is 46.2. The molecule has 166 valence electrons. The summed E-state index contributed by atoms with van der Waals surface area (Å²) in [6.45, 7) is 4.72. The van der Waals surface area contributed by atoms with Gasteiger partial charge in [0.15, 0.2) is 24.6 Å². The molecule has 1 rings (SSSR count). The molecule has 0 radical (unpaired) electrons. The zero-order valence-electron chi connectivity index (χ0n) is 16.9. The van der Waals surface area contributed by atoms with Crippen molar-refractivity contribution in [2.24, 2.45) is 0 Å². The van der Waals surface area contributed by atoms with Crippen molar-refractivity contribution in [3.05, 3.63) is 0 Å². The van der Waals surface area contributed by atoms with Gasteiger partial charge in [0, 0.05) is 39.6 Å². The van der Waals surface area contributed by atoms with Crippen molar-refractivity contribution >= 4 is 39.8 Å². The second kappa shape index (κ2) is 12.8. The van der Waals surface area contributed by atoms with Crippen LogP contribution in [0.1, 0.15) is 40.5 Å². The number of alkyl halides is 1. The van der Waals surface area contributed by atoms with Crippen LogP contribution in [0.3, 0.4) is 0 Å². The van der Waals surface area contributed by atoms with E-state index in [0.29, 0.717) is 6.42 Å². The van der Waals surface area contributed by atoms with Crippen LogP contribution in [0.25, 0.3) is 0 Å². The molecule has 0 aromatic rings. The predicted molar refractivity (Wildman–Crippen MR) is 101 cm³/mol. The van der Waals surface area contributed by atoms with E-state index < -0.39 is 54.6 Å². The topological polar surface area (TPSA) is 124 Å². The van der Waals surface area contributed by atoms with Gasteiger partial charge in [-0.05, 0) is 12.8 Å². The molecule has 1 heterocycles. The second-order valence-corrected chi connectivity index (χ2v) is 7.13. The highest BCUT2D eigenvalue weighted by Crippen LogP contribution is 2.30. The molecule has 0 aliphatic carbocycles. The maximum absolute atomic E-state index is 11.7. The predicted octanol–water partition coefficient (Wildman–Crippen LogP) is 1.26. The minimum atomic E-state index is -1.21. The van der Waals surface area contributed by atoms with Gasteiger partial charge in [0.2, 0.25) is 0 Å². The van der Waals surface area contributed by atoms with Crippen LogP contribution in [-0.4, -0.2) is 73.1 Å². The maximum atomic E-state index is 11.7. The second-order valence-electron chi connectivity index (χ2n) is 6.33. The normalized spacial score (nSPS) is 26.3. The Bertz CT molecular complexity index is 581. The zero-order valence-corrected chi connectivity index (χ0v) is 18.5. The lowest BCUT2D eigenvalue weighted by Crippen LogP contribution is -2.63. The lowest BCUT2D eigenvalue weighted by molar-refractivity contribution is -0.308. The van der Waals surface area contributed by atoms with Gasteiger partial charge in [0.05, 0.1) is 0 Å². The Labute approximate surface area is 177 Å². The Morgan fingerprint density at radius 1 is 0.793 bits per heavy atom. The van der Waals surface area contributed by atoms with E-state index in [-0.39, 0.29) is 13.2 Å². The van der Waals surface area contributed by atoms with Gasteiger partial charge in [-0.1, -0.05) is 15.9 Å². The molecule has 5 atom stereocenters. The van der Waals surface area contributed by atoms with Gasteiger partial charge in [-0.2, -0.15) is 0 Å². The number of esters is 4.